The van der Waals surface area contributed by atoms with E-state index in [4.69, 9.17) is 4.74 Å². The van der Waals surface area contributed by atoms with Crippen LogP contribution in [0.4, 0.5) is 0 Å². The van der Waals surface area contributed by atoms with Crippen LogP contribution in [0.3, 0.4) is 0 Å². The summed E-state index contributed by atoms with van der Waals surface area (Å²) >= 11 is 0. The van der Waals surface area contributed by atoms with Crippen LogP contribution in [-0.4, -0.2) is 18.9 Å². The molecule has 2 aromatic carbocycles. The van der Waals surface area contributed by atoms with Crippen molar-refractivity contribution in [1.29, 1.82) is 0 Å². The third-order valence-corrected chi connectivity index (χ3v) is 3.98. The number of aryl methyl sites for hydroxylation is 1. The lowest BCUT2D eigenvalue weighted by atomic mass is 10.1. The van der Waals surface area contributed by atoms with Crippen molar-refractivity contribution in [2.75, 3.05) is 7.05 Å². The maximum Gasteiger partial charge on any atom is 0.251 e. The third-order valence-electron chi connectivity index (χ3n) is 3.98. The highest BCUT2D eigenvalue weighted by Crippen LogP contribution is 2.22. The summed E-state index contributed by atoms with van der Waals surface area (Å²) in [6.45, 7) is 6.21. The highest BCUT2D eigenvalue weighted by molar-refractivity contribution is 5.94. The van der Waals surface area contributed by atoms with Crippen molar-refractivity contribution in [1.82, 2.24) is 10.6 Å². The third kappa shape index (κ3) is 5.21. The fourth-order valence-electron chi connectivity index (χ4n) is 2.50. The zero-order valence-electron chi connectivity index (χ0n) is 15.2. The summed E-state index contributed by atoms with van der Waals surface area (Å²) in [5, 5.41) is 5.31. The summed E-state index contributed by atoms with van der Waals surface area (Å²) in [6.07, 6.45) is 2.17. The molecule has 0 radical (unpaired) electrons. The van der Waals surface area contributed by atoms with E-state index < -0.39 is 0 Å². The van der Waals surface area contributed by atoms with Gasteiger partial charge in [-0.1, -0.05) is 37.8 Å². The lowest BCUT2D eigenvalue weighted by Gasteiger charge is -2.14. The predicted octanol–water partition coefficient (Wildman–Crippen LogP) is 2.99. The molecule has 0 saturated carbocycles. The summed E-state index contributed by atoms with van der Waals surface area (Å²) < 4.78 is 5.95. The molecule has 0 atom stereocenters. The molecule has 0 fully saturated rings. The van der Waals surface area contributed by atoms with Gasteiger partial charge in [0.25, 0.3) is 5.91 Å². The first-order valence-electron chi connectivity index (χ1n) is 8.53. The molecule has 5 heteroatoms. The molecule has 2 rings (SSSR count). The molecule has 0 aliphatic carbocycles. The van der Waals surface area contributed by atoms with Crippen LogP contribution in [0.15, 0.2) is 55.1 Å². The number of ether oxygens (including phenoxy) is 1. The second-order valence-electron chi connectivity index (χ2n) is 5.79. The van der Waals surface area contributed by atoms with Gasteiger partial charge in [0.05, 0.1) is 0 Å². The molecule has 2 aromatic rings. The molecule has 5 nitrogen and oxygen atoms in total. The molecule has 0 aromatic heterocycles. The Labute approximate surface area is 154 Å². The molecule has 0 unspecified atom stereocenters. The van der Waals surface area contributed by atoms with Crippen LogP contribution in [0.2, 0.25) is 0 Å². The van der Waals surface area contributed by atoms with Gasteiger partial charge in [0.1, 0.15) is 12.4 Å². The molecule has 0 aliphatic heterocycles. The van der Waals surface area contributed by atoms with Crippen LogP contribution < -0.4 is 15.4 Å². The SMILES string of the molecule is C=CC(=O)NCc1cc(C(=O)NC)ccc1OCc1cccc(CC)c1. The number of hydrogen-bond donors (Lipinski definition) is 2. The molecular weight excluding hydrogens is 328 g/mol. The Balaban J connectivity index is 2.19. The summed E-state index contributed by atoms with van der Waals surface area (Å²) in [7, 11) is 1.58. The number of carbonyl (C=O) groups excluding carboxylic acids is 2. The van der Waals surface area contributed by atoms with Gasteiger partial charge in [-0.15, -0.1) is 0 Å². The van der Waals surface area contributed by atoms with E-state index in [-0.39, 0.29) is 18.4 Å². The van der Waals surface area contributed by atoms with Gasteiger partial charge in [-0.25, -0.2) is 0 Å². The Kier molecular flexibility index (Phi) is 6.97. The Morgan fingerprint density at radius 2 is 1.92 bits per heavy atom. The Hall–Kier alpha value is -3.08. The largest absolute Gasteiger partial charge is 0.489 e. The van der Waals surface area contributed by atoms with Crippen molar-refractivity contribution in [3.63, 3.8) is 0 Å². The minimum absolute atomic E-state index is 0.191. The van der Waals surface area contributed by atoms with Crippen LogP contribution in [0.5, 0.6) is 5.75 Å². The van der Waals surface area contributed by atoms with Gasteiger partial charge in [-0.05, 0) is 41.8 Å². The van der Waals surface area contributed by atoms with Crippen LogP contribution >= 0.6 is 0 Å². The Bertz CT molecular complexity index is 800. The highest BCUT2D eigenvalue weighted by atomic mass is 16.5. The summed E-state index contributed by atoms with van der Waals surface area (Å²) in [6, 6.07) is 13.4. The molecular formula is C21H24N2O3. The van der Waals surface area contributed by atoms with Crippen molar-refractivity contribution in [3.8, 4) is 5.75 Å². The fourth-order valence-corrected chi connectivity index (χ4v) is 2.50. The monoisotopic (exact) mass is 352 g/mol. The molecule has 136 valence electrons. The van der Waals surface area contributed by atoms with Gasteiger partial charge in [0.15, 0.2) is 0 Å². The van der Waals surface area contributed by atoms with E-state index in [0.29, 0.717) is 17.9 Å². The first-order chi connectivity index (χ1) is 12.6. The summed E-state index contributed by atoms with van der Waals surface area (Å²) in [5.41, 5.74) is 3.56. The lowest BCUT2D eigenvalue weighted by molar-refractivity contribution is -0.116. The molecule has 26 heavy (non-hydrogen) atoms. The van der Waals surface area contributed by atoms with Crippen molar-refractivity contribution in [2.45, 2.75) is 26.5 Å². The molecule has 0 bridgehead atoms. The van der Waals surface area contributed by atoms with Crippen LogP contribution in [0.25, 0.3) is 0 Å². The van der Waals surface area contributed by atoms with Crippen molar-refractivity contribution in [3.05, 3.63) is 77.4 Å². The van der Waals surface area contributed by atoms with E-state index in [2.05, 4.69) is 36.3 Å². The summed E-state index contributed by atoms with van der Waals surface area (Å²) in [4.78, 5) is 23.3. The maximum absolute atomic E-state index is 11.9. The first kappa shape index (κ1) is 19.2. The van der Waals surface area contributed by atoms with Crippen LogP contribution in [0, 0.1) is 0 Å². The van der Waals surface area contributed by atoms with Gasteiger partial charge < -0.3 is 15.4 Å². The number of amides is 2. The fraction of sp³-hybridized carbons (Fsp3) is 0.238. The molecule has 0 saturated heterocycles. The quantitative estimate of drug-likeness (QED) is 0.718. The topological polar surface area (TPSA) is 67.4 Å². The average Bonchev–Trinajstić information content (AvgIpc) is 2.70. The number of carbonyl (C=O) groups is 2. The minimum atomic E-state index is -0.281. The minimum Gasteiger partial charge on any atom is -0.489 e. The van der Waals surface area contributed by atoms with E-state index in [1.807, 2.05) is 12.1 Å². The number of benzene rings is 2. The van der Waals surface area contributed by atoms with Gasteiger partial charge in [-0.3, -0.25) is 9.59 Å². The average molecular weight is 352 g/mol. The normalized spacial score (nSPS) is 10.1. The van der Waals surface area contributed by atoms with Gasteiger partial charge >= 0.3 is 0 Å². The van der Waals surface area contributed by atoms with Gasteiger partial charge in [0, 0.05) is 24.7 Å². The zero-order chi connectivity index (χ0) is 18.9. The van der Waals surface area contributed by atoms with E-state index in [9.17, 15) is 9.59 Å². The second kappa shape index (κ2) is 9.42. The van der Waals surface area contributed by atoms with Crippen LogP contribution in [-0.2, 0) is 24.4 Å². The van der Waals surface area contributed by atoms with Crippen molar-refractivity contribution in [2.24, 2.45) is 0 Å². The van der Waals surface area contributed by atoms with Crippen LogP contribution in [0.1, 0.15) is 34.0 Å². The van der Waals surface area contributed by atoms with Crippen molar-refractivity contribution >= 4 is 11.8 Å². The molecule has 2 N–H and O–H groups in total. The lowest BCUT2D eigenvalue weighted by Crippen LogP contribution is -2.22. The maximum atomic E-state index is 11.9. The standard InChI is InChI=1S/C21H24N2O3/c1-4-15-7-6-8-16(11-15)14-26-19-10-9-17(21(25)22-3)12-18(19)13-23-20(24)5-2/h5-12H,2,4,13-14H2,1,3H3,(H,22,25)(H,23,24). The van der Waals surface area contributed by atoms with E-state index in [1.165, 1.54) is 11.6 Å². The molecule has 0 aliphatic rings. The Morgan fingerprint density at radius 1 is 1.15 bits per heavy atom. The smallest absolute Gasteiger partial charge is 0.251 e. The Morgan fingerprint density at radius 3 is 2.62 bits per heavy atom. The van der Waals surface area contributed by atoms with Gasteiger partial charge in [0.2, 0.25) is 5.91 Å². The zero-order valence-corrected chi connectivity index (χ0v) is 15.2. The summed E-state index contributed by atoms with van der Waals surface area (Å²) in [5.74, 6) is 0.157. The predicted molar refractivity (Wildman–Crippen MR) is 102 cm³/mol. The molecule has 2 amide bonds. The first-order valence-corrected chi connectivity index (χ1v) is 8.53. The molecule has 0 heterocycles. The van der Waals surface area contributed by atoms with E-state index >= 15 is 0 Å². The second-order valence-corrected chi connectivity index (χ2v) is 5.79. The van der Waals surface area contributed by atoms with Crippen molar-refractivity contribution < 1.29 is 14.3 Å². The van der Waals surface area contributed by atoms with E-state index in [1.54, 1.807) is 25.2 Å². The number of rotatable bonds is 8. The number of nitrogens with one attached hydrogen (secondary N) is 2. The molecule has 0 spiro atoms. The van der Waals surface area contributed by atoms with E-state index in [0.717, 1.165) is 17.5 Å². The number of hydrogen-bond acceptors (Lipinski definition) is 3. The highest BCUT2D eigenvalue weighted by Gasteiger charge is 2.11. The van der Waals surface area contributed by atoms with Gasteiger partial charge in [-0.2, -0.15) is 0 Å².